The van der Waals surface area contributed by atoms with Crippen molar-refractivity contribution in [2.24, 2.45) is 11.5 Å². The molecule has 0 aliphatic carbocycles. The van der Waals surface area contributed by atoms with Crippen LogP contribution in [0.2, 0.25) is 0 Å². The van der Waals surface area contributed by atoms with E-state index in [4.69, 9.17) is 16.6 Å². The van der Waals surface area contributed by atoms with Crippen LogP contribution in [0.15, 0.2) is 30.5 Å². The van der Waals surface area contributed by atoms with Gasteiger partial charge in [0.1, 0.15) is 18.1 Å². The molecule has 1 aromatic heterocycles. The van der Waals surface area contributed by atoms with Gasteiger partial charge in [0.25, 0.3) is 0 Å². The number of benzene rings is 1. The van der Waals surface area contributed by atoms with Crippen molar-refractivity contribution in [2.45, 2.75) is 56.3 Å². The molecule has 0 radical (unpaired) electrons. The maximum absolute atomic E-state index is 13.2. The highest BCUT2D eigenvalue weighted by molar-refractivity contribution is 7.80. The fraction of sp³-hybridized carbons (Fsp3) is 0.417. The average molecular weight is 565 g/mol. The van der Waals surface area contributed by atoms with Crippen LogP contribution in [0.1, 0.15) is 31.2 Å². The molecule has 0 fully saturated rings. The monoisotopic (exact) mass is 564 g/mol. The van der Waals surface area contributed by atoms with Crippen LogP contribution >= 0.6 is 12.6 Å². The Kier molecular flexibility index (Phi) is 11.7. The molecule has 10 N–H and O–H groups in total. The molecule has 0 saturated carbocycles. The summed E-state index contributed by atoms with van der Waals surface area (Å²) in [5, 5.41) is 26.3. The van der Waals surface area contributed by atoms with E-state index in [9.17, 15) is 33.9 Å². The number of hydrogen-bond donors (Lipinski definition) is 9. The van der Waals surface area contributed by atoms with E-state index in [1.54, 1.807) is 18.3 Å². The number of nitrogens with two attached hydrogens (primary N) is 2. The van der Waals surface area contributed by atoms with Gasteiger partial charge in [-0.1, -0.05) is 18.2 Å². The number of fused-ring (bicyclic) bond motifs is 1. The van der Waals surface area contributed by atoms with Crippen molar-refractivity contribution in [3.8, 4) is 0 Å². The van der Waals surface area contributed by atoms with Gasteiger partial charge in [0.15, 0.2) is 0 Å². The van der Waals surface area contributed by atoms with Gasteiger partial charge in [0.2, 0.25) is 23.6 Å². The lowest BCUT2D eigenvalue weighted by atomic mass is 10.0. The molecule has 14 nitrogen and oxygen atoms in total. The van der Waals surface area contributed by atoms with Gasteiger partial charge < -0.3 is 42.6 Å². The predicted molar refractivity (Wildman–Crippen MR) is 143 cm³/mol. The number of rotatable bonds is 16. The molecule has 2 rings (SSSR count). The van der Waals surface area contributed by atoms with Crippen molar-refractivity contribution in [3.05, 3.63) is 36.0 Å². The highest BCUT2D eigenvalue weighted by Gasteiger charge is 2.30. The quantitative estimate of drug-likeness (QED) is 0.109. The number of amides is 4. The Labute approximate surface area is 228 Å². The Morgan fingerprint density at radius 1 is 0.872 bits per heavy atom. The summed E-state index contributed by atoms with van der Waals surface area (Å²) in [5.41, 5.74) is 12.2. The van der Waals surface area contributed by atoms with E-state index in [2.05, 4.69) is 33.6 Å². The SMILES string of the molecule is NC(=O)CCC(NC(=O)C(Cc1c[nH]c2ccccc12)NC(=O)C(CS)NC(=O)C(N)CCC(=O)O)C(=O)O. The minimum atomic E-state index is -1.44. The van der Waals surface area contributed by atoms with Crippen LogP contribution in [-0.2, 0) is 35.2 Å². The van der Waals surface area contributed by atoms with Crippen LogP contribution in [0.4, 0.5) is 0 Å². The Balaban J connectivity index is 2.23. The van der Waals surface area contributed by atoms with E-state index in [1.165, 1.54) is 0 Å². The number of thiol groups is 1. The van der Waals surface area contributed by atoms with Gasteiger partial charge in [-0.05, 0) is 24.5 Å². The van der Waals surface area contributed by atoms with Crippen molar-refractivity contribution < 1.29 is 39.0 Å². The number of aromatic amines is 1. The standard InChI is InChI=1S/C24H32N6O8S/c25-14(5-8-20(32)33)21(34)30-18(11-39)23(36)29-17(9-12-10-27-15-4-2-1-3-13(12)15)22(35)28-16(24(37)38)6-7-19(26)31/h1-4,10,14,16-18,27,39H,5-9,11,25H2,(H2,26,31)(H,28,35)(H,29,36)(H,30,34)(H,32,33)(H,37,38). The van der Waals surface area contributed by atoms with Crippen molar-refractivity contribution in [1.29, 1.82) is 0 Å². The van der Waals surface area contributed by atoms with E-state index < -0.39 is 59.7 Å². The molecule has 4 amide bonds. The third-order valence-electron chi connectivity index (χ3n) is 5.85. The van der Waals surface area contributed by atoms with Crippen molar-refractivity contribution in [2.75, 3.05) is 5.75 Å². The first-order valence-electron chi connectivity index (χ1n) is 12.0. The molecule has 2 aromatic rings. The van der Waals surface area contributed by atoms with Crippen molar-refractivity contribution in [1.82, 2.24) is 20.9 Å². The second-order valence-electron chi connectivity index (χ2n) is 8.81. The number of aromatic nitrogens is 1. The first kappa shape index (κ1) is 31.1. The number of carbonyl (C=O) groups excluding carboxylic acids is 4. The topological polar surface area (TPSA) is 247 Å². The fourth-order valence-electron chi connectivity index (χ4n) is 3.70. The highest BCUT2D eigenvalue weighted by atomic mass is 32.1. The zero-order valence-corrected chi connectivity index (χ0v) is 21.8. The number of para-hydroxylation sites is 1. The molecule has 0 aliphatic heterocycles. The number of carboxylic acids is 2. The molecule has 0 bridgehead atoms. The summed E-state index contributed by atoms with van der Waals surface area (Å²) < 4.78 is 0. The van der Waals surface area contributed by atoms with Crippen molar-refractivity contribution in [3.63, 3.8) is 0 Å². The number of hydrogen-bond acceptors (Lipinski definition) is 8. The smallest absolute Gasteiger partial charge is 0.326 e. The molecule has 15 heteroatoms. The molecule has 212 valence electrons. The lowest BCUT2D eigenvalue weighted by molar-refractivity contribution is -0.142. The third-order valence-corrected chi connectivity index (χ3v) is 6.21. The second-order valence-corrected chi connectivity index (χ2v) is 9.18. The zero-order valence-electron chi connectivity index (χ0n) is 20.9. The van der Waals surface area contributed by atoms with Gasteiger partial charge in [-0.15, -0.1) is 0 Å². The van der Waals surface area contributed by atoms with Crippen molar-refractivity contribution >= 4 is 59.1 Å². The normalized spacial score (nSPS) is 14.0. The van der Waals surface area contributed by atoms with Crippen LogP contribution in [0.3, 0.4) is 0 Å². The predicted octanol–water partition coefficient (Wildman–Crippen LogP) is -1.36. The molecule has 4 unspecified atom stereocenters. The number of carboxylic acid groups (broad SMARTS) is 2. The highest BCUT2D eigenvalue weighted by Crippen LogP contribution is 2.19. The number of primary amides is 1. The van der Waals surface area contributed by atoms with Crippen LogP contribution in [0, 0.1) is 0 Å². The van der Waals surface area contributed by atoms with Gasteiger partial charge >= 0.3 is 11.9 Å². The van der Waals surface area contributed by atoms with E-state index in [0.717, 1.165) is 10.9 Å². The van der Waals surface area contributed by atoms with E-state index in [0.29, 0.717) is 5.56 Å². The summed E-state index contributed by atoms with van der Waals surface area (Å²) in [6.45, 7) is 0. The van der Waals surface area contributed by atoms with Gasteiger partial charge in [-0.2, -0.15) is 12.6 Å². The summed E-state index contributed by atoms with van der Waals surface area (Å²) in [6.07, 6.45) is 0.558. The molecule has 0 spiro atoms. The molecule has 1 aromatic carbocycles. The lowest BCUT2D eigenvalue weighted by Gasteiger charge is -2.24. The van der Waals surface area contributed by atoms with E-state index in [1.807, 2.05) is 12.1 Å². The lowest BCUT2D eigenvalue weighted by Crippen LogP contribution is -2.58. The van der Waals surface area contributed by atoms with Crippen LogP contribution in [-0.4, -0.2) is 80.7 Å². The zero-order chi connectivity index (χ0) is 29.1. The molecular formula is C24H32N6O8S. The van der Waals surface area contributed by atoms with Crippen LogP contribution in [0.25, 0.3) is 10.9 Å². The van der Waals surface area contributed by atoms with Gasteiger partial charge in [-0.3, -0.25) is 24.0 Å². The Bertz CT molecular complexity index is 1220. The first-order valence-corrected chi connectivity index (χ1v) is 12.6. The maximum Gasteiger partial charge on any atom is 0.326 e. The Hall–Kier alpha value is -4.11. The Morgan fingerprint density at radius 2 is 1.49 bits per heavy atom. The van der Waals surface area contributed by atoms with E-state index >= 15 is 0 Å². The number of H-pyrrole nitrogens is 1. The summed E-state index contributed by atoms with van der Waals surface area (Å²) >= 11 is 4.09. The molecular weight excluding hydrogens is 532 g/mol. The minimum Gasteiger partial charge on any atom is -0.481 e. The summed E-state index contributed by atoms with van der Waals surface area (Å²) in [5.74, 6) is -5.86. The van der Waals surface area contributed by atoms with Gasteiger partial charge in [-0.25, -0.2) is 4.79 Å². The average Bonchev–Trinajstić information content (AvgIpc) is 3.29. The van der Waals surface area contributed by atoms with Crippen LogP contribution in [0.5, 0.6) is 0 Å². The molecule has 0 saturated heterocycles. The van der Waals surface area contributed by atoms with Gasteiger partial charge in [0, 0.05) is 42.1 Å². The first-order chi connectivity index (χ1) is 18.4. The largest absolute Gasteiger partial charge is 0.481 e. The number of nitrogens with one attached hydrogen (secondary N) is 4. The minimum absolute atomic E-state index is 0.0465. The fourth-order valence-corrected chi connectivity index (χ4v) is 3.96. The molecule has 1 heterocycles. The molecule has 39 heavy (non-hydrogen) atoms. The maximum atomic E-state index is 13.2. The Morgan fingerprint density at radius 3 is 2.10 bits per heavy atom. The second kappa shape index (κ2) is 14.7. The summed E-state index contributed by atoms with van der Waals surface area (Å²) in [4.78, 5) is 75.2. The molecule has 4 atom stereocenters. The third kappa shape index (κ3) is 9.61. The molecule has 0 aliphatic rings. The summed E-state index contributed by atoms with van der Waals surface area (Å²) in [6, 6.07) is 2.07. The number of aliphatic carboxylic acids is 2. The summed E-state index contributed by atoms with van der Waals surface area (Å²) in [7, 11) is 0. The van der Waals surface area contributed by atoms with E-state index in [-0.39, 0.29) is 37.9 Å². The number of carbonyl (C=O) groups is 6. The van der Waals surface area contributed by atoms with Gasteiger partial charge in [0.05, 0.1) is 6.04 Å². The van der Waals surface area contributed by atoms with Crippen LogP contribution < -0.4 is 27.4 Å².